The predicted octanol–water partition coefficient (Wildman–Crippen LogP) is 2.87. The lowest BCUT2D eigenvalue weighted by molar-refractivity contribution is 0.0950. The molecule has 3 rings (SSSR count). The van der Waals surface area contributed by atoms with Gasteiger partial charge in [-0.2, -0.15) is 0 Å². The Morgan fingerprint density at radius 1 is 1.10 bits per heavy atom. The van der Waals surface area contributed by atoms with Gasteiger partial charge in [-0.1, -0.05) is 12.1 Å². The molecule has 0 aliphatic rings. The molecule has 0 saturated heterocycles. The highest BCUT2D eigenvalue weighted by atomic mass is 32.2. The molecule has 0 unspecified atom stereocenters. The van der Waals surface area contributed by atoms with Gasteiger partial charge in [0, 0.05) is 23.5 Å². The molecule has 0 spiro atoms. The summed E-state index contributed by atoms with van der Waals surface area (Å²) in [6.45, 7) is 0.455. The number of hydrogen-bond acceptors (Lipinski definition) is 6. The second-order valence-electron chi connectivity index (χ2n) is 6.12. The minimum absolute atomic E-state index is 0.0204. The van der Waals surface area contributed by atoms with Crippen LogP contribution >= 0.6 is 11.3 Å². The van der Waals surface area contributed by atoms with Gasteiger partial charge in [0.2, 0.25) is 10.0 Å². The van der Waals surface area contributed by atoms with Crippen LogP contribution in [0.1, 0.15) is 20.8 Å². The van der Waals surface area contributed by atoms with Gasteiger partial charge in [0.1, 0.15) is 0 Å². The van der Waals surface area contributed by atoms with Crippen molar-refractivity contribution in [2.24, 2.45) is 0 Å². The number of ether oxygens (including phenoxy) is 1. The second kappa shape index (κ2) is 9.08. The Kier molecular flexibility index (Phi) is 6.53. The van der Waals surface area contributed by atoms with E-state index < -0.39 is 10.0 Å². The van der Waals surface area contributed by atoms with Crippen molar-refractivity contribution in [3.8, 4) is 11.5 Å². The van der Waals surface area contributed by atoms with Crippen molar-refractivity contribution in [3.63, 3.8) is 0 Å². The molecule has 0 aliphatic carbocycles. The average Bonchev–Trinajstić information content (AvgIpc) is 3.25. The van der Waals surface area contributed by atoms with Crippen LogP contribution in [-0.4, -0.2) is 26.5 Å². The third-order valence-electron chi connectivity index (χ3n) is 4.14. The summed E-state index contributed by atoms with van der Waals surface area (Å²) < 4.78 is 32.3. The maximum atomic E-state index is 12.4. The Balaban J connectivity index is 1.61. The molecule has 7 nitrogen and oxygen atoms in total. The molecule has 0 atom stereocenters. The summed E-state index contributed by atoms with van der Waals surface area (Å²) >= 11 is 1.47. The number of nitrogens with one attached hydrogen (secondary N) is 2. The topological polar surface area (TPSA) is 105 Å². The monoisotopic (exact) mass is 432 g/mol. The van der Waals surface area contributed by atoms with Crippen LogP contribution in [0, 0.1) is 0 Å². The van der Waals surface area contributed by atoms with Crippen LogP contribution in [0.15, 0.2) is 64.9 Å². The largest absolute Gasteiger partial charge is 0.504 e. The first kappa shape index (κ1) is 20.8. The number of carbonyl (C=O) groups excluding carboxylic acids is 1. The Morgan fingerprint density at radius 3 is 2.52 bits per heavy atom. The standard InChI is InChI=1S/C20H20N2O5S2/c1-27-19-11-14(4-9-18(19)23)12-21-20(24)15-5-7-17(8-6-15)29(25,26)22-13-16-3-2-10-28-16/h2-11,22-23H,12-13H2,1H3,(H,21,24). The summed E-state index contributed by atoms with van der Waals surface area (Å²) in [7, 11) is -2.21. The molecular weight excluding hydrogens is 412 g/mol. The van der Waals surface area contributed by atoms with Crippen molar-refractivity contribution in [1.82, 2.24) is 10.0 Å². The van der Waals surface area contributed by atoms with Crippen molar-refractivity contribution in [2.45, 2.75) is 18.0 Å². The third kappa shape index (κ3) is 5.35. The molecule has 0 aliphatic heterocycles. The molecule has 9 heteroatoms. The van der Waals surface area contributed by atoms with Crippen LogP contribution < -0.4 is 14.8 Å². The van der Waals surface area contributed by atoms with E-state index in [1.165, 1.54) is 48.8 Å². The molecule has 0 saturated carbocycles. The van der Waals surface area contributed by atoms with Crippen molar-refractivity contribution >= 4 is 27.3 Å². The number of methoxy groups -OCH3 is 1. The van der Waals surface area contributed by atoms with Crippen molar-refractivity contribution in [3.05, 3.63) is 76.0 Å². The Morgan fingerprint density at radius 2 is 1.86 bits per heavy atom. The Bertz CT molecular complexity index is 1080. The van der Waals surface area contributed by atoms with Crippen LogP contribution in [0.2, 0.25) is 0 Å². The van der Waals surface area contributed by atoms with E-state index in [1.807, 2.05) is 17.5 Å². The number of carbonyl (C=O) groups is 1. The van der Waals surface area contributed by atoms with Gasteiger partial charge in [0.25, 0.3) is 5.91 Å². The summed E-state index contributed by atoms with van der Waals surface area (Å²) in [4.78, 5) is 13.3. The second-order valence-corrected chi connectivity index (χ2v) is 8.92. The van der Waals surface area contributed by atoms with Gasteiger partial charge in [-0.3, -0.25) is 4.79 Å². The van der Waals surface area contributed by atoms with E-state index in [4.69, 9.17) is 4.74 Å². The molecule has 0 radical (unpaired) electrons. The molecule has 1 amide bonds. The fourth-order valence-electron chi connectivity index (χ4n) is 2.56. The number of sulfonamides is 1. The maximum Gasteiger partial charge on any atom is 0.251 e. The number of phenolic OH excluding ortho intramolecular Hbond substituents is 1. The van der Waals surface area contributed by atoms with Gasteiger partial charge in [0.05, 0.1) is 12.0 Å². The van der Waals surface area contributed by atoms with Crippen molar-refractivity contribution in [2.75, 3.05) is 7.11 Å². The van der Waals surface area contributed by atoms with Crippen LogP contribution in [-0.2, 0) is 23.1 Å². The lowest BCUT2D eigenvalue weighted by atomic mass is 10.1. The SMILES string of the molecule is COc1cc(CNC(=O)c2ccc(S(=O)(=O)NCc3cccs3)cc2)ccc1O. The highest BCUT2D eigenvalue weighted by Crippen LogP contribution is 2.26. The molecule has 1 aromatic heterocycles. The van der Waals surface area contributed by atoms with Crippen molar-refractivity contribution in [1.29, 1.82) is 0 Å². The summed E-state index contributed by atoms with van der Waals surface area (Å²) in [6.07, 6.45) is 0. The fourth-order valence-corrected chi connectivity index (χ4v) is 4.31. The number of thiophene rings is 1. The van der Waals surface area contributed by atoms with Crippen LogP contribution in [0.3, 0.4) is 0 Å². The third-order valence-corrected chi connectivity index (χ3v) is 6.43. The van der Waals surface area contributed by atoms with Gasteiger partial charge in [-0.25, -0.2) is 13.1 Å². The van der Waals surface area contributed by atoms with Gasteiger partial charge in [0.15, 0.2) is 11.5 Å². The summed E-state index contributed by atoms with van der Waals surface area (Å²) in [5, 5.41) is 14.2. The van der Waals surface area contributed by atoms with Crippen molar-refractivity contribution < 1.29 is 23.1 Å². The summed E-state index contributed by atoms with van der Waals surface area (Å²) in [5.74, 6) is 0.000883. The highest BCUT2D eigenvalue weighted by Gasteiger charge is 2.15. The van der Waals surface area contributed by atoms with E-state index in [1.54, 1.807) is 12.1 Å². The molecule has 0 bridgehead atoms. The van der Waals surface area contributed by atoms with E-state index in [-0.39, 0.29) is 29.6 Å². The highest BCUT2D eigenvalue weighted by molar-refractivity contribution is 7.89. The van der Waals surface area contributed by atoms with Crippen LogP contribution in [0.5, 0.6) is 11.5 Å². The number of aromatic hydroxyl groups is 1. The maximum absolute atomic E-state index is 12.4. The number of benzene rings is 2. The first-order valence-electron chi connectivity index (χ1n) is 8.65. The zero-order valence-corrected chi connectivity index (χ0v) is 17.2. The quantitative estimate of drug-likeness (QED) is 0.508. The summed E-state index contributed by atoms with van der Waals surface area (Å²) in [5.41, 5.74) is 1.10. The predicted molar refractivity (Wildman–Crippen MR) is 111 cm³/mol. The van der Waals surface area contributed by atoms with Crippen LogP contribution in [0.4, 0.5) is 0 Å². The zero-order valence-electron chi connectivity index (χ0n) is 15.6. The Labute approximate surface area is 173 Å². The van der Waals surface area contributed by atoms with E-state index in [9.17, 15) is 18.3 Å². The minimum Gasteiger partial charge on any atom is -0.504 e. The number of phenols is 1. The number of hydrogen-bond donors (Lipinski definition) is 3. The summed E-state index contributed by atoms with van der Waals surface area (Å²) in [6, 6.07) is 14.2. The lowest BCUT2D eigenvalue weighted by Gasteiger charge is -2.09. The van der Waals surface area contributed by atoms with E-state index in [0.717, 1.165) is 10.4 Å². The van der Waals surface area contributed by atoms with Gasteiger partial charge in [-0.05, 0) is 53.4 Å². The molecule has 0 fully saturated rings. The van der Waals surface area contributed by atoms with E-state index >= 15 is 0 Å². The lowest BCUT2D eigenvalue weighted by Crippen LogP contribution is -2.24. The van der Waals surface area contributed by atoms with Gasteiger partial charge < -0.3 is 15.2 Å². The molecule has 3 aromatic rings. The smallest absolute Gasteiger partial charge is 0.251 e. The van der Waals surface area contributed by atoms with Gasteiger partial charge >= 0.3 is 0 Å². The molecular formula is C20H20N2O5S2. The Hall–Kier alpha value is -2.88. The van der Waals surface area contributed by atoms with Gasteiger partial charge in [-0.15, -0.1) is 11.3 Å². The molecule has 152 valence electrons. The molecule has 3 N–H and O–H groups in total. The van der Waals surface area contributed by atoms with Crippen LogP contribution in [0.25, 0.3) is 0 Å². The average molecular weight is 433 g/mol. The minimum atomic E-state index is -3.66. The fraction of sp³-hybridized carbons (Fsp3) is 0.150. The molecule has 1 heterocycles. The first-order chi connectivity index (χ1) is 13.9. The number of rotatable bonds is 8. The first-order valence-corrected chi connectivity index (χ1v) is 11.0. The number of amides is 1. The normalized spacial score (nSPS) is 11.2. The van der Waals surface area contributed by atoms with E-state index in [2.05, 4.69) is 10.0 Å². The molecule has 2 aromatic carbocycles. The molecule has 29 heavy (non-hydrogen) atoms. The van der Waals surface area contributed by atoms with E-state index in [0.29, 0.717) is 11.3 Å². The zero-order chi connectivity index (χ0) is 20.9.